The molecule has 0 radical (unpaired) electrons. The van der Waals surface area contributed by atoms with Crippen molar-refractivity contribution >= 4 is 27.8 Å². The Hall–Kier alpha value is -2.54. The van der Waals surface area contributed by atoms with Crippen LogP contribution in [0.2, 0.25) is 0 Å². The van der Waals surface area contributed by atoms with E-state index < -0.39 is 0 Å². The summed E-state index contributed by atoms with van der Waals surface area (Å²) in [4.78, 5) is 0. The van der Waals surface area contributed by atoms with Crippen molar-refractivity contribution < 1.29 is 5.11 Å². The molecule has 0 aromatic heterocycles. The zero-order valence-electron chi connectivity index (χ0n) is 17.6. The van der Waals surface area contributed by atoms with E-state index in [2.05, 4.69) is 26.2 Å². The monoisotopic (exact) mass is 374 g/mol. The first kappa shape index (κ1) is 24.5. The molecule has 27 heavy (non-hydrogen) atoms. The molecule has 0 aliphatic rings. The number of anilines is 1. The molecule has 7 nitrogen and oxygen atoms in total. The summed E-state index contributed by atoms with van der Waals surface area (Å²) in [5.41, 5.74) is 12.0. The van der Waals surface area contributed by atoms with Crippen LogP contribution < -0.4 is 11.5 Å². The highest BCUT2D eigenvalue weighted by molar-refractivity contribution is 6.04. The number of nitrogen functional groups attached to an aromatic ring is 1. The number of azo groups is 2. The molecule has 7 heteroatoms. The second kappa shape index (κ2) is 12.8. The SMILES string of the molecule is CC.CCC(C)N=Nc1ccc2ccc(N=NC(C)C)c(O)c2c1N.CN. The number of benzene rings is 2. The molecular weight excluding hydrogens is 340 g/mol. The van der Waals surface area contributed by atoms with E-state index in [0.29, 0.717) is 22.4 Å². The second-order valence-electron chi connectivity index (χ2n) is 5.81. The predicted molar refractivity (Wildman–Crippen MR) is 115 cm³/mol. The van der Waals surface area contributed by atoms with Crippen LogP contribution >= 0.6 is 0 Å². The zero-order valence-corrected chi connectivity index (χ0v) is 17.6. The molecule has 0 amide bonds. The Bertz CT molecular complexity index is 756. The van der Waals surface area contributed by atoms with Crippen LogP contribution in [0.1, 0.15) is 48.0 Å². The van der Waals surface area contributed by atoms with Crippen LogP contribution in [-0.2, 0) is 0 Å². The highest BCUT2D eigenvalue weighted by atomic mass is 16.3. The van der Waals surface area contributed by atoms with Crippen molar-refractivity contribution in [1.29, 1.82) is 0 Å². The molecular formula is C20H34N6O. The molecule has 0 bridgehead atoms. The molecule has 1 unspecified atom stereocenters. The lowest BCUT2D eigenvalue weighted by Crippen LogP contribution is -1.93. The zero-order chi connectivity index (χ0) is 21.0. The van der Waals surface area contributed by atoms with Gasteiger partial charge in [-0.1, -0.05) is 32.9 Å². The topological polar surface area (TPSA) is 122 Å². The molecule has 0 saturated heterocycles. The van der Waals surface area contributed by atoms with Crippen LogP contribution in [0, 0.1) is 0 Å². The van der Waals surface area contributed by atoms with Crippen LogP contribution in [0.25, 0.3) is 10.8 Å². The molecule has 0 aliphatic carbocycles. The maximum atomic E-state index is 10.5. The van der Waals surface area contributed by atoms with Crippen LogP contribution in [0.4, 0.5) is 17.1 Å². The van der Waals surface area contributed by atoms with Gasteiger partial charge < -0.3 is 16.6 Å². The van der Waals surface area contributed by atoms with Gasteiger partial charge in [-0.15, -0.1) is 0 Å². The van der Waals surface area contributed by atoms with E-state index in [0.717, 1.165) is 11.8 Å². The lowest BCUT2D eigenvalue weighted by molar-refractivity contribution is 0.482. The van der Waals surface area contributed by atoms with Gasteiger partial charge in [0.2, 0.25) is 0 Å². The quantitative estimate of drug-likeness (QED) is 0.432. The van der Waals surface area contributed by atoms with Crippen molar-refractivity contribution in [1.82, 2.24) is 0 Å². The molecule has 1 atom stereocenters. The van der Waals surface area contributed by atoms with Gasteiger partial charge in [0.25, 0.3) is 0 Å². The third-order valence-electron chi connectivity index (χ3n) is 3.50. The minimum atomic E-state index is 0.0185. The molecule has 2 aromatic rings. The van der Waals surface area contributed by atoms with E-state index in [-0.39, 0.29) is 17.8 Å². The van der Waals surface area contributed by atoms with Gasteiger partial charge >= 0.3 is 0 Å². The van der Waals surface area contributed by atoms with E-state index in [1.807, 2.05) is 53.7 Å². The third-order valence-corrected chi connectivity index (χ3v) is 3.50. The summed E-state index contributed by atoms with van der Waals surface area (Å²) in [6.45, 7) is 11.9. The van der Waals surface area contributed by atoms with Gasteiger partial charge in [-0.25, -0.2) is 0 Å². The fraction of sp³-hybridized carbons (Fsp3) is 0.500. The third kappa shape index (κ3) is 6.94. The first-order chi connectivity index (χ1) is 12.9. The largest absolute Gasteiger partial charge is 0.505 e. The Morgan fingerprint density at radius 3 is 1.96 bits per heavy atom. The lowest BCUT2D eigenvalue weighted by Gasteiger charge is -2.09. The summed E-state index contributed by atoms with van der Waals surface area (Å²) in [5.74, 6) is 0.0185. The van der Waals surface area contributed by atoms with E-state index in [1.54, 1.807) is 12.1 Å². The standard InChI is InChI=1S/C17H23N5O.C2H6.CH5N/c1-5-11(4)20-21-13-8-6-12-7-9-14(22-19-10(2)3)17(23)15(12)16(13)18;2*1-2/h6-11,23H,5,18H2,1-4H3;1-2H3;2H2,1H3. The van der Waals surface area contributed by atoms with Crippen molar-refractivity contribution in [3.8, 4) is 5.75 Å². The molecule has 5 N–H and O–H groups in total. The Morgan fingerprint density at radius 1 is 0.926 bits per heavy atom. The van der Waals surface area contributed by atoms with E-state index >= 15 is 0 Å². The lowest BCUT2D eigenvalue weighted by atomic mass is 10.1. The van der Waals surface area contributed by atoms with Gasteiger partial charge in [0.05, 0.1) is 23.2 Å². The summed E-state index contributed by atoms with van der Waals surface area (Å²) < 4.78 is 0. The predicted octanol–water partition coefficient (Wildman–Crippen LogP) is 6.10. The molecule has 0 fully saturated rings. The number of hydrogen-bond donors (Lipinski definition) is 3. The Labute approximate surface area is 162 Å². The summed E-state index contributed by atoms with van der Waals surface area (Å²) in [5, 5.41) is 28.4. The van der Waals surface area contributed by atoms with E-state index in [1.165, 1.54) is 7.05 Å². The van der Waals surface area contributed by atoms with Gasteiger partial charge in [0, 0.05) is 0 Å². The number of nitrogens with two attached hydrogens (primary N) is 2. The molecule has 0 spiro atoms. The number of aromatic hydroxyl groups is 1. The fourth-order valence-electron chi connectivity index (χ4n) is 1.99. The maximum Gasteiger partial charge on any atom is 0.153 e. The molecule has 2 aromatic carbocycles. The Morgan fingerprint density at radius 2 is 1.44 bits per heavy atom. The minimum Gasteiger partial charge on any atom is -0.505 e. The summed E-state index contributed by atoms with van der Waals surface area (Å²) in [6, 6.07) is 7.43. The molecule has 0 saturated carbocycles. The maximum absolute atomic E-state index is 10.5. The van der Waals surface area contributed by atoms with Gasteiger partial charge in [0.1, 0.15) is 11.4 Å². The highest BCUT2D eigenvalue weighted by Gasteiger charge is 2.12. The normalized spacial score (nSPS) is 12.0. The number of fused-ring (bicyclic) bond motifs is 1. The van der Waals surface area contributed by atoms with Crippen LogP contribution in [-0.4, -0.2) is 24.2 Å². The molecule has 0 aliphatic heterocycles. The van der Waals surface area contributed by atoms with Crippen molar-refractivity contribution in [3.05, 3.63) is 24.3 Å². The van der Waals surface area contributed by atoms with E-state index in [4.69, 9.17) is 5.73 Å². The summed E-state index contributed by atoms with van der Waals surface area (Å²) in [7, 11) is 1.50. The first-order valence-electron chi connectivity index (χ1n) is 9.37. The highest BCUT2D eigenvalue weighted by Crippen LogP contribution is 2.42. The number of phenolic OH excluding ortho intramolecular Hbond substituents is 1. The Kier molecular flexibility index (Phi) is 11.6. The van der Waals surface area contributed by atoms with E-state index in [9.17, 15) is 5.11 Å². The average Bonchev–Trinajstić information content (AvgIpc) is 2.69. The fourth-order valence-corrected chi connectivity index (χ4v) is 1.99. The molecule has 2 rings (SSSR count). The number of hydrogen-bond acceptors (Lipinski definition) is 7. The van der Waals surface area contributed by atoms with Gasteiger partial charge in [-0.2, -0.15) is 20.5 Å². The smallest absolute Gasteiger partial charge is 0.153 e. The van der Waals surface area contributed by atoms with Crippen molar-refractivity contribution in [2.24, 2.45) is 26.2 Å². The minimum absolute atomic E-state index is 0.0185. The van der Waals surface area contributed by atoms with Crippen LogP contribution in [0.3, 0.4) is 0 Å². The van der Waals surface area contributed by atoms with Crippen molar-refractivity contribution in [2.75, 3.05) is 12.8 Å². The number of phenols is 1. The number of rotatable bonds is 5. The average molecular weight is 375 g/mol. The molecule has 150 valence electrons. The Balaban J connectivity index is 0.00000158. The van der Waals surface area contributed by atoms with Gasteiger partial charge in [0.15, 0.2) is 5.75 Å². The van der Waals surface area contributed by atoms with Gasteiger partial charge in [-0.3, -0.25) is 0 Å². The summed E-state index contributed by atoms with van der Waals surface area (Å²) in [6.07, 6.45) is 0.905. The van der Waals surface area contributed by atoms with Crippen molar-refractivity contribution in [3.63, 3.8) is 0 Å². The second-order valence-corrected chi connectivity index (χ2v) is 5.81. The number of nitrogens with zero attached hydrogens (tertiary/aromatic N) is 4. The van der Waals surface area contributed by atoms with Crippen LogP contribution in [0.15, 0.2) is 44.7 Å². The molecule has 0 heterocycles. The van der Waals surface area contributed by atoms with Crippen LogP contribution in [0.5, 0.6) is 5.75 Å². The first-order valence-corrected chi connectivity index (χ1v) is 9.37. The van der Waals surface area contributed by atoms with Crippen molar-refractivity contribution in [2.45, 2.75) is 60.0 Å². The van der Waals surface area contributed by atoms with Gasteiger partial charge in [-0.05, 0) is 51.8 Å². The summed E-state index contributed by atoms with van der Waals surface area (Å²) >= 11 is 0.